The Balaban J connectivity index is 2.08. The van der Waals surface area contributed by atoms with E-state index in [4.69, 9.17) is 0 Å². The van der Waals surface area contributed by atoms with Crippen LogP contribution in [0, 0.1) is 5.92 Å². The molecule has 2 aliphatic rings. The van der Waals surface area contributed by atoms with E-state index >= 15 is 0 Å². The topological polar surface area (TPSA) is 12.0 Å². The molecule has 2 atom stereocenters. The smallest absolute Gasteiger partial charge is 0.0168 e. The van der Waals surface area contributed by atoms with Crippen molar-refractivity contribution < 1.29 is 0 Å². The first-order valence-electron chi connectivity index (χ1n) is 4.29. The molecule has 0 bridgehead atoms. The van der Waals surface area contributed by atoms with Gasteiger partial charge in [0.15, 0.2) is 0 Å². The summed E-state index contributed by atoms with van der Waals surface area (Å²) in [6.07, 6.45) is 5.60. The summed E-state index contributed by atoms with van der Waals surface area (Å²) in [7, 11) is 0. The Kier molecular flexibility index (Phi) is 1.53. The van der Waals surface area contributed by atoms with Crippen LogP contribution in [0.15, 0.2) is 12.2 Å². The summed E-state index contributed by atoms with van der Waals surface area (Å²) >= 11 is 0. The van der Waals surface area contributed by atoms with E-state index in [-0.39, 0.29) is 0 Å². The zero-order valence-corrected chi connectivity index (χ0v) is 6.40. The van der Waals surface area contributed by atoms with Crippen LogP contribution in [-0.4, -0.2) is 12.6 Å². The highest BCUT2D eigenvalue weighted by molar-refractivity contribution is 5.14. The molecule has 1 heterocycles. The average molecular weight is 137 g/mol. The summed E-state index contributed by atoms with van der Waals surface area (Å²) in [5, 5.41) is 3.51. The van der Waals surface area contributed by atoms with E-state index in [0.29, 0.717) is 0 Å². The van der Waals surface area contributed by atoms with E-state index in [1.807, 2.05) is 0 Å². The number of hydrogen-bond donors (Lipinski definition) is 1. The molecule has 1 N–H and O–H groups in total. The zero-order chi connectivity index (χ0) is 6.97. The summed E-state index contributed by atoms with van der Waals surface area (Å²) in [6.45, 7) is 5.15. The highest BCUT2D eigenvalue weighted by atomic mass is 15.0. The molecule has 10 heavy (non-hydrogen) atoms. The molecule has 1 aliphatic carbocycles. The van der Waals surface area contributed by atoms with E-state index in [0.717, 1.165) is 18.5 Å². The Morgan fingerprint density at radius 3 is 2.90 bits per heavy atom. The van der Waals surface area contributed by atoms with Gasteiger partial charge in [0.2, 0.25) is 0 Å². The van der Waals surface area contributed by atoms with Crippen LogP contribution >= 0.6 is 0 Å². The molecule has 1 saturated carbocycles. The van der Waals surface area contributed by atoms with E-state index in [2.05, 4.69) is 11.9 Å². The van der Waals surface area contributed by atoms with Crippen molar-refractivity contribution >= 4 is 0 Å². The normalized spacial score (nSPS) is 39.8. The first kappa shape index (κ1) is 6.41. The lowest BCUT2D eigenvalue weighted by atomic mass is 9.83. The van der Waals surface area contributed by atoms with Crippen molar-refractivity contribution in [3.8, 4) is 0 Å². The molecule has 2 fully saturated rings. The molecule has 0 radical (unpaired) electrons. The lowest BCUT2D eigenvalue weighted by Crippen LogP contribution is -2.29. The second-order valence-electron chi connectivity index (χ2n) is 3.54. The summed E-state index contributed by atoms with van der Waals surface area (Å²) in [5.74, 6) is 0.828. The van der Waals surface area contributed by atoms with Gasteiger partial charge in [0.25, 0.3) is 0 Å². The minimum absolute atomic E-state index is 0.793. The maximum absolute atomic E-state index is 4.08. The van der Waals surface area contributed by atoms with Crippen LogP contribution in [0.2, 0.25) is 0 Å². The Morgan fingerprint density at radius 1 is 1.30 bits per heavy atom. The van der Waals surface area contributed by atoms with Crippen LogP contribution in [0.4, 0.5) is 0 Å². The standard InChI is InChI=1S/C9H15N/c1-7-6-10-9-5-3-2-4-8(7)9/h8-10H,1-6H2. The predicted octanol–water partition coefficient (Wildman–Crippen LogP) is 1.70. The van der Waals surface area contributed by atoms with Crippen molar-refractivity contribution in [1.29, 1.82) is 0 Å². The summed E-state index contributed by atoms with van der Waals surface area (Å²) < 4.78 is 0. The third kappa shape index (κ3) is 0.891. The van der Waals surface area contributed by atoms with Crippen LogP contribution in [-0.2, 0) is 0 Å². The number of nitrogens with one attached hydrogen (secondary N) is 1. The predicted molar refractivity (Wildman–Crippen MR) is 42.9 cm³/mol. The summed E-state index contributed by atoms with van der Waals surface area (Å²) in [5.41, 5.74) is 1.45. The van der Waals surface area contributed by atoms with Gasteiger partial charge in [0.05, 0.1) is 0 Å². The Labute approximate surface area is 62.5 Å². The molecule has 0 spiro atoms. The van der Waals surface area contributed by atoms with Gasteiger partial charge in [-0.2, -0.15) is 0 Å². The number of rotatable bonds is 0. The minimum Gasteiger partial charge on any atom is -0.310 e. The van der Waals surface area contributed by atoms with Crippen molar-refractivity contribution in [2.75, 3.05) is 6.54 Å². The fourth-order valence-electron chi connectivity index (χ4n) is 2.26. The Hall–Kier alpha value is -0.300. The molecular weight excluding hydrogens is 122 g/mol. The third-order valence-corrected chi connectivity index (χ3v) is 2.88. The molecule has 0 amide bonds. The molecular formula is C9H15N. The first-order valence-corrected chi connectivity index (χ1v) is 4.29. The van der Waals surface area contributed by atoms with Gasteiger partial charge >= 0.3 is 0 Å². The van der Waals surface area contributed by atoms with Gasteiger partial charge in [0, 0.05) is 12.6 Å². The second-order valence-corrected chi connectivity index (χ2v) is 3.54. The van der Waals surface area contributed by atoms with Crippen molar-refractivity contribution in [1.82, 2.24) is 5.32 Å². The van der Waals surface area contributed by atoms with Gasteiger partial charge in [-0.05, 0) is 18.8 Å². The van der Waals surface area contributed by atoms with Crippen molar-refractivity contribution in [3.05, 3.63) is 12.2 Å². The van der Waals surface area contributed by atoms with Crippen LogP contribution in [0.1, 0.15) is 25.7 Å². The van der Waals surface area contributed by atoms with E-state index in [1.54, 1.807) is 0 Å². The molecule has 1 saturated heterocycles. The first-order chi connectivity index (χ1) is 4.88. The van der Waals surface area contributed by atoms with Crippen molar-refractivity contribution in [2.24, 2.45) is 5.92 Å². The lowest BCUT2D eigenvalue weighted by molar-refractivity contribution is 0.350. The second kappa shape index (κ2) is 2.39. The van der Waals surface area contributed by atoms with Gasteiger partial charge in [0.1, 0.15) is 0 Å². The largest absolute Gasteiger partial charge is 0.310 e. The van der Waals surface area contributed by atoms with Crippen LogP contribution in [0.5, 0.6) is 0 Å². The molecule has 1 heteroatoms. The van der Waals surface area contributed by atoms with Crippen LogP contribution in [0.3, 0.4) is 0 Å². The van der Waals surface area contributed by atoms with E-state index in [1.165, 1.54) is 31.3 Å². The fraction of sp³-hybridized carbons (Fsp3) is 0.778. The summed E-state index contributed by atoms with van der Waals surface area (Å²) in [6, 6.07) is 0.793. The molecule has 56 valence electrons. The molecule has 0 aromatic carbocycles. The maximum atomic E-state index is 4.08. The molecule has 2 unspecified atom stereocenters. The van der Waals surface area contributed by atoms with Crippen molar-refractivity contribution in [3.63, 3.8) is 0 Å². The number of hydrogen-bond acceptors (Lipinski definition) is 1. The van der Waals surface area contributed by atoms with Crippen LogP contribution < -0.4 is 5.32 Å². The molecule has 0 aromatic heterocycles. The molecule has 0 aromatic rings. The fourth-order valence-corrected chi connectivity index (χ4v) is 2.26. The maximum Gasteiger partial charge on any atom is 0.0168 e. The SMILES string of the molecule is C=C1CNC2CCCCC12. The van der Waals surface area contributed by atoms with E-state index < -0.39 is 0 Å². The van der Waals surface area contributed by atoms with Gasteiger partial charge in [-0.25, -0.2) is 0 Å². The van der Waals surface area contributed by atoms with Crippen LogP contribution in [0.25, 0.3) is 0 Å². The van der Waals surface area contributed by atoms with Gasteiger partial charge in [-0.15, -0.1) is 0 Å². The quantitative estimate of drug-likeness (QED) is 0.501. The Morgan fingerprint density at radius 2 is 2.10 bits per heavy atom. The third-order valence-electron chi connectivity index (χ3n) is 2.88. The highest BCUT2D eigenvalue weighted by Crippen LogP contribution is 2.32. The number of fused-ring (bicyclic) bond motifs is 1. The molecule has 1 aliphatic heterocycles. The highest BCUT2D eigenvalue weighted by Gasteiger charge is 2.31. The monoisotopic (exact) mass is 137 g/mol. The van der Waals surface area contributed by atoms with Gasteiger partial charge < -0.3 is 5.32 Å². The molecule has 1 nitrogen and oxygen atoms in total. The summed E-state index contributed by atoms with van der Waals surface area (Å²) in [4.78, 5) is 0. The van der Waals surface area contributed by atoms with Crippen molar-refractivity contribution in [2.45, 2.75) is 31.7 Å². The Bertz CT molecular complexity index is 151. The lowest BCUT2D eigenvalue weighted by Gasteiger charge is -2.24. The van der Waals surface area contributed by atoms with Gasteiger partial charge in [-0.1, -0.05) is 25.0 Å². The van der Waals surface area contributed by atoms with Gasteiger partial charge in [-0.3, -0.25) is 0 Å². The minimum atomic E-state index is 0.793. The molecule has 2 rings (SSSR count). The van der Waals surface area contributed by atoms with E-state index in [9.17, 15) is 0 Å². The zero-order valence-electron chi connectivity index (χ0n) is 6.40. The average Bonchev–Trinajstić information content (AvgIpc) is 2.34.